The number of rotatable bonds is 8. The molecule has 2 rings (SSSR count). The molecule has 0 spiro atoms. The first kappa shape index (κ1) is 17.0. The number of hydrogen-bond acceptors (Lipinski definition) is 3. The molecule has 23 heavy (non-hydrogen) atoms. The summed E-state index contributed by atoms with van der Waals surface area (Å²) in [6, 6.07) is 14.1. The summed E-state index contributed by atoms with van der Waals surface area (Å²) in [7, 11) is 1.60. The van der Waals surface area contributed by atoms with Gasteiger partial charge in [0.25, 0.3) is 0 Å². The van der Waals surface area contributed by atoms with Gasteiger partial charge in [0.2, 0.25) is 11.8 Å². The molecule has 1 heterocycles. The van der Waals surface area contributed by atoms with Crippen LogP contribution in [0.1, 0.15) is 29.7 Å². The van der Waals surface area contributed by atoms with Gasteiger partial charge in [-0.25, -0.2) is 4.98 Å². The molecule has 0 unspecified atom stereocenters. The molecule has 0 fully saturated rings. The molecular weight excluding hydrogens is 288 g/mol. The lowest BCUT2D eigenvalue weighted by molar-refractivity contribution is -0.121. The maximum absolute atomic E-state index is 11.8. The van der Waals surface area contributed by atoms with E-state index in [0.29, 0.717) is 25.3 Å². The molecular formula is C19H24N2O2. The molecule has 1 N–H and O–H groups in total. The maximum atomic E-state index is 11.8. The monoisotopic (exact) mass is 312 g/mol. The van der Waals surface area contributed by atoms with E-state index >= 15 is 0 Å². The Hall–Kier alpha value is -2.36. The Morgan fingerprint density at radius 2 is 1.91 bits per heavy atom. The van der Waals surface area contributed by atoms with Crippen molar-refractivity contribution in [2.75, 3.05) is 13.7 Å². The highest BCUT2D eigenvalue weighted by Gasteiger charge is 2.03. The van der Waals surface area contributed by atoms with Gasteiger partial charge in [-0.15, -0.1) is 0 Å². The summed E-state index contributed by atoms with van der Waals surface area (Å²) >= 11 is 0. The van der Waals surface area contributed by atoms with Crippen molar-refractivity contribution in [1.29, 1.82) is 0 Å². The van der Waals surface area contributed by atoms with Crippen molar-refractivity contribution in [2.45, 2.75) is 32.6 Å². The zero-order chi connectivity index (χ0) is 16.5. The maximum Gasteiger partial charge on any atom is 0.220 e. The second-order valence-corrected chi connectivity index (χ2v) is 5.61. The minimum atomic E-state index is 0.0972. The van der Waals surface area contributed by atoms with Gasteiger partial charge in [0.05, 0.1) is 7.11 Å². The number of methoxy groups -OCH3 is 1. The highest BCUT2D eigenvalue weighted by atomic mass is 16.5. The number of ether oxygens (including phenoxy) is 1. The van der Waals surface area contributed by atoms with Gasteiger partial charge in [0.1, 0.15) is 0 Å². The van der Waals surface area contributed by atoms with Crippen LogP contribution in [0, 0.1) is 6.92 Å². The number of pyridine rings is 1. The minimum absolute atomic E-state index is 0.0972. The standard InChI is InChI=1S/C19H24N2O2/c1-15-9-11-16(12-10-15)5-3-7-18(22)20-14-13-17-6-4-8-19(21-17)23-2/h4,6,8-12H,3,5,7,13-14H2,1-2H3,(H,20,22). The Kier molecular flexibility index (Phi) is 6.60. The van der Waals surface area contributed by atoms with E-state index in [2.05, 4.69) is 41.5 Å². The van der Waals surface area contributed by atoms with Gasteiger partial charge in [-0.05, 0) is 31.4 Å². The molecule has 0 radical (unpaired) electrons. The fraction of sp³-hybridized carbons (Fsp3) is 0.368. The van der Waals surface area contributed by atoms with E-state index in [-0.39, 0.29) is 5.91 Å². The number of aryl methyl sites for hydroxylation is 2. The van der Waals surface area contributed by atoms with Gasteiger partial charge in [-0.2, -0.15) is 0 Å². The normalized spacial score (nSPS) is 10.3. The highest BCUT2D eigenvalue weighted by Crippen LogP contribution is 2.08. The number of nitrogens with zero attached hydrogens (tertiary/aromatic N) is 1. The molecule has 4 nitrogen and oxygen atoms in total. The summed E-state index contributed by atoms with van der Waals surface area (Å²) in [5.74, 6) is 0.701. The molecule has 2 aromatic rings. The molecule has 0 aliphatic carbocycles. The molecule has 1 amide bonds. The number of aromatic nitrogens is 1. The third kappa shape index (κ3) is 6.10. The summed E-state index contributed by atoms with van der Waals surface area (Å²) < 4.78 is 5.09. The number of carbonyl (C=O) groups is 1. The Balaban J connectivity index is 1.64. The Bertz CT molecular complexity index is 624. The fourth-order valence-electron chi connectivity index (χ4n) is 2.34. The van der Waals surface area contributed by atoms with E-state index in [0.717, 1.165) is 18.5 Å². The van der Waals surface area contributed by atoms with Crippen molar-refractivity contribution in [3.05, 3.63) is 59.3 Å². The molecule has 0 saturated carbocycles. The predicted molar refractivity (Wildman–Crippen MR) is 91.6 cm³/mol. The topological polar surface area (TPSA) is 51.2 Å². The molecule has 0 atom stereocenters. The average Bonchev–Trinajstić information content (AvgIpc) is 2.57. The Labute approximate surface area is 137 Å². The molecule has 1 aromatic heterocycles. The van der Waals surface area contributed by atoms with Crippen LogP contribution in [-0.2, 0) is 17.6 Å². The van der Waals surface area contributed by atoms with E-state index in [1.54, 1.807) is 7.11 Å². The first-order chi connectivity index (χ1) is 11.2. The number of hydrogen-bond donors (Lipinski definition) is 1. The Morgan fingerprint density at radius 1 is 1.13 bits per heavy atom. The van der Waals surface area contributed by atoms with E-state index in [1.807, 2.05) is 18.2 Å². The predicted octanol–water partition coefficient (Wildman–Crippen LogP) is 3.08. The summed E-state index contributed by atoms with van der Waals surface area (Å²) in [4.78, 5) is 16.2. The second kappa shape index (κ2) is 8.93. The first-order valence-corrected chi connectivity index (χ1v) is 7.99. The zero-order valence-corrected chi connectivity index (χ0v) is 13.8. The molecule has 0 bridgehead atoms. The number of nitrogens with one attached hydrogen (secondary N) is 1. The summed E-state index contributed by atoms with van der Waals surface area (Å²) in [5, 5.41) is 2.94. The number of carbonyl (C=O) groups excluding carboxylic acids is 1. The third-order valence-corrected chi connectivity index (χ3v) is 3.68. The van der Waals surface area contributed by atoms with Gasteiger partial charge in [0, 0.05) is 31.1 Å². The van der Waals surface area contributed by atoms with E-state index in [9.17, 15) is 4.79 Å². The largest absolute Gasteiger partial charge is 0.481 e. The van der Waals surface area contributed by atoms with Crippen LogP contribution >= 0.6 is 0 Å². The Morgan fingerprint density at radius 3 is 2.65 bits per heavy atom. The van der Waals surface area contributed by atoms with E-state index < -0.39 is 0 Å². The summed E-state index contributed by atoms with van der Waals surface area (Å²) in [6.07, 6.45) is 3.07. The average molecular weight is 312 g/mol. The molecule has 0 saturated heterocycles. The van der Waals surface area contributed by atoms with Crippen LogP contribution in [0.15, 0.2) is 42.5 Å². The molecule has 1 aromatic carbocycles. The van der Waals surface area contributed by atoms with Crippen LogP contribution in [0.25, 0.3) is 0 Å². The lowest BCUT2D eigenvalue weighted by Gasteiger charge is -2.06. The van der Waals surface area contributed by atoms with Crippen LogP contribution in [-0.4, -0.2) is 24.5 Å². The first-order valence-electron chi connectivity index (χ1n) is 7.99. The van der Waals surface area contributed by atoms with Crippen molar-refractivity contribution in [3.8, 4) is 5.88 Å². The van der Waals surface area contributed by atoms with Crippen molar-refractivity contribution in [2.24, 2.45) is 0 Å². The minimum Gasteiger partial charge on any atom is -0.481 e. The van der Waals surface area contributed by atoms with Crippen molar-refractivity contribution < 1.29 is 9.53 Å². The van der Waals surface area contributed by atoms with E-state index in [1.165, 1.54) is 11.1 Å². The third-order valence-electron chi connectivity index (χ3n) is 3.68. The number of benzene rings is 1. The van der Waals surface area contributed by atoms with Crippen molar-refractivity contribution in [3.63, 3.8) is 0 Å². The molecule has 0 aliphatic rings. The van der Waals surface area contributed by atoms with Gasteiger partial charge in [-0.3, -0.25) is 4.79 Å². The molecule has 0 aliphatic heterocycles. The van der Waals surface area contributed by atoms with Crippen LogP contribution in [0.2, 0.25) is 0 Å². The zero-order valence-electron chi connectivity index (χ0n) is 13.8. The SMILES string of the molecule is COc1cccc(CCNC(=O)CCCc2ccc(C)cc2)n1. The van der Waals surface area contributed by atoms with Crippen molar-refractivity contribution >= 4 is 5.91 Å². The lowest BCUT2D eigenvalue weighted by atomic mass is 10.1. The number of amides is 1. The fourth-order valence-corrected chi connectivity index (χ4v) is 2.34. The second-order valence-electron chi connectivity index (χ2n) is 5.61. The quantitative estimate of drug-likeness (QED) is 0.815. The van der Waals surface area contributed by atoms with Crippen LogP contribution in [0.4, 0.5) is 0 Å². The van der Waals surface area contributed by atoms with Crippen LogP contribution in [0.5, 0.6) is 5.88 Å². The van der Waals surface area contributed by atoms with Gasteiger partial charge in [-0.1, -0.05) is 35.9 Å². The smallest absolute Gasteiger partial charge is 0.220 e. The highest BCUT2D eigenvalue weighted by molar-refractivity contribution is 5.75. The van der Waals surface area contributed by atoms with Crippen molar-refractivity contribution in [1.82, 2.24) is 10.3 Å². The van der Waals surface area contributed by atoms with E-state index in [4.69, 9.17) is 4.74 Å². The summed E-state index contributed by atoms with van der Waals surface area (Å²) in [6.45, 7) is 2.68. The summed E-state index contributed by atoms with van der Waals surface area (Å²) in [5.41, 5.74) is 3.46. The van der Waals surface area contributed by atoms with Gasteiger partial charge >= 0.3 is 0 Å². The molecule has 4 heteroatoms. The van der Waals surface area contributed by atoms with Gasteiger partial charge in [0.15, 0.2) is 0 Å². The van der Waals surface area contributed by atoms with Crippen LogP contribution in [0.3, 0.4) is 0 Å². The van der Waals surface area contributed by atoms with Gasteiger partial charge < -0.3 is 10.1 Å². The lowest BCUT2D eigenvalue weighted by Crippen LogP contribution is -2.25. The van der Waals surface area contributed by atoms with Crippen LogP contribution < -0.4 is 10.1 Å². The molecule has 122 valence electrons.